The molecule has 0 bridgehead atoms. The Bertz CT molecular complexity index is 555. The van der Waals surface area contributed by atoms with Crippen molar-refractivity contribution in [1.82, 2.24) is 4.57 Å². The van der Waals surface area contributed by atoms with Gasteiger partial charge < -0.3 is 4.57 Å². The Morgan fingerprint density at radius 2 is 1.88 bits per heavy atom. The molecule has 0 saturated carbocycles. The van der Waals surface area contributed by atoms with E-state index in [1.807, 2.05) is 24.6 Å². The van der Waals surface area contributed by atoms with E-state index in [0.717, 1.165) is 15.9 Å². The minimum Gasteiger partial charge on any atom is -0.344 e. The molecule has 0 N–H and O–H groups in total. The fraction of sp³-hybridized carbons (Fsp3) is 0.333. The molecule has 0 unspecified atom stereocenters. The first-order valence-corrected chi connectivity index (χ1v) is 5.97. The zero-order valence-corrected chi connectivity index (χ0v) is 10.9. The van der Waals surface area contributed by atoms with Crippen LogP contribution in [0.2, 0.25) is 0 Å². The monoisotopic (exact) mass is 305 g/mol. The van der Waals surface area contributed by atoms with Crippen LogP contribution in [0.5, 0.6) is 0 Å². The van der Waals surface area contributed by atoms with Crippen molar-refractivity contribution < 1.29 is 13.2 Å². The summed E-state index contributed by atoms with van der Waals surface area (Å²) in [5, 5.41) is 0.798. The SMILES string of the molecule is CC(C)n1cc(Br)c2ccc(C(F)(F)F)cc21. The van der Waals surface area contributed by atoms with E-state index in [9.17, 15) is 13.2 Å². The van der Waals surface area contributed by atoms with Gasteiger partial charge in [0.15, 0.2) is 0 Å². The number of nitrogens with zero attached hydrogens (tertiary/aromatic N) is 1. The maximum absolute atomic E-state index is 12.6. The summed E-state index contributed by atoms with van der Waals surface area (Å²) in [6, 6.07) is 3.92. The highest BCUT2D eigenvalue weighted by molar-refractivity contribution is 9.10. The van der Waals surface area contributed by atoms with E-state index >= 15 is 0 Å². The van der Waals surface area contributed by atoms with Crippen LogP contribution in [0.15, 0.2) is 28.9 Å². The molecule has 1 aromatic heterocycles. The Morgan fingerprint density at radius 1 is 1.24 bits per heavy atom. The number of fused-ring (bicyclic) bond motifs is 1. The van der Waals surface area contributed by atoms with Crippen molar-refractivity contribution in [2.24, 2.45) is 0 Å². The highest BCUT2D eigenvalue weighted by atomic mass is 79.9. The van der Waals surface area contributed by atoms with E-state index < -0.39 is 11.7 Å². The molecule has 0 aliphatic carbocycles. The third-order valence-corrected chi connectivity index (χ3v) is 3.30. The van der Waals surface area contributed by atoms with Crippen LogP contribution < -0.4 is 0 Å². The van der Waals surface area contributed by atoms with Crippen LogP contribution >= 0.6 is 15.9 Å². The lowest BCUT2D eigenvalue weighted by molar-refractivity contribution is -0.137. The molecule has 0 aliphatic rings. The van der Waals surface area contributed by atoms with Gasteiger partial charge in [-0.3, -0.25) is 0 Å². The molecule has 0 aliphatic heterocycles. The van der Waals surface area contributed by atoms with Crippen molar-refractivity contribution in [3.8, 4) is 0 Å². The van der Waals surface area contributed by atoms with Crippen LogP contribution in [-0.2, 0) is 6.18 Å². The molecular weight excluding hydrogens is 295 g/mol. The fourth-order valence-electron chi connectivity index (χ4n) is 1.81. The second kappa shape index (κ2) is 4.05. The molecule has 1 aromatic carbocycles. The predicted octanol–water partition coefficient (Wildman–Crippen LogP) is 5.00. The highest BCUT2D eigenvalue weighted by Gasteiger charge is 2.31. The highest BCUT2D eigenvalue weighted by Crippen LogP contribution is 2.35. The maximum Gasteiger partial charge on any atom is 0.416 e. The predicted molar refractivity (Wildman–Crippen MR) is 65.0 cm³/mol. The van der Waals surface area contributed by atoms with Crippen molar-refractivity contribution in [2.45, 2.75) is 26.1 Å². The molecular formula is C12H11BrF3N. The molecule has 0 spiro atoms. The second-order valence-corrected chi connectivity index (χ2v) is 5.06. The number of alkyl halides is 3. The quantitative estimate of drug-likeness (QED) is 0.698. The second-order valence-electron chi connectivity index (χ2n) is 4.21. The van der Waals surface area contributed by atoms with E-state index in [1.165, 1.54) is 12.1 Å². The van der Waals surface area contributed by atoms with E-state index in [-0.39, 0.29) is 6.04 Å². The van der Waals surface area contributed by atoms with Gasteiger partial charge in [0.1, 0.15) is 0 Å². The van der Waals surface area contributed by atoms with Gasteiger partial charge in [0, 0.05) is 22.1 Å². The Morgan fingerprint density at radius 3 is 2.41 bits per heavy atom. The number of halogens is 4. The zero-order chi connectivity index (χ0) is 12.8. The topological polar surface area (TPSA) is 4.93 Å². The third-order valence-electron chi connectivity index (χ3n) is 2.67. The fourth-order valence-corrected chi connectivity index (χ4v) is 2.37. The van der Waals surface area contributed by atoms with E-state index in [4.69, 9.17) is 0 Å². The van der Waals surface area contributed by atoms with Crippen LogP contribution in [0, 0.1) is 0 Å². The van der Waals surface area contributed by atoms with Crippen LogP contribution in [-0.4, -0.2) is 4.57 Å². The minimum atomic E-state index is -4.30. The van der Waals surface area contributed by atoms with Crippen molar-refractivity contribution >= 4 is 26.8 Å². The summed E-state index contributed by atoms with van der Waals surface area (Å²) in [7, 11) is 0. The molecule has 1 nitrogen and oxygen atoms in total. The summed E-state index contributed by atoms with van der Waals surface area (Å²) in [6.07, 6.45) is -2.48. The zero-order valence-electron chi connectivity index (χ0n) is 9.35. The normalized spacial score (nSPS) is 12.6. The summed E-state index contributed by atoms with van der Waals surface area (Å²) in [4.78, 5) is 0. The van der Waals surface area contributed by atoms with Gasteiger partial charge >= 0.3 is 6.18 Å². The van der Waals surface area contributed by atoms with Crippen LogP contribution in [0.3, 0.4) is 0 Å². The van der Waals surface area contributed by atoms with Crippen LogP contribution in [0.4, 0.5) is 13.2 Å². The molecule has 0 amide bonds. The van der Waals surface area contributed by atoms with Crippen LogP contribution in [0.25, 0.3) is 10.9 Å². The number of aromatic nitrogens is 1. The molecule has 0 saturated heterocycles. The summed E-state index contributed by atoms with van der Waals surface area (Å²) in [5.41, 5.74) is -0.0146. The van der Waals surface area contributed by atoms with Gasteiger partial charge in [0.2, 0.25) is 0 Å². The van der Waals surface area contributed by atoms with Gasteiger partial charge in [-0.1, -0.05) is 6.07 Å². The lowest BCUT2D eigenvalue weighted by Gasteiger charge is -2.11. The van der Waals surface area contributed by atoms with Gasteiger partial charge in [0.25, 0.3) is 0 Å². The lowest BCUT2D eigenvalue weighted by Crippen LogP contribution is -2.05. The molecule has 2 rings (SSSR count). The van der Waals surface area contributed by atoms with E-state index in [1.54, 1.807) is 0 Å². The molecule has 17 heavy (non-hydrogen) atoms. The number of hydrogen-bond acceptors (Lipinski definition) is 0. The summed E-state index contributed by atoms with van der Waals surface area (Å²) >= 11 is 3.36. The Labute approximate surface area is 105 Å². The third kappa shape index (κ3) is 2.20. The number of rotatable bonds is 1. The molecule has 1 heterocycles. The molecule has 0 radical (unpaired) electrons. The maximum atomic E-state index is 12.6. The van der Waals surface area contributed by atoms with Crippen LogP contribution in [0.1, 0.15) is 25.5 Å². The summed E-state index contributed by atoms with van der Waals surface area (Å²) < 4.78 is 40.5. The average Bonchev–Trinajstić information content (AvgIpc) is 2.54. The molecule has 0 atom stereocenters. The molecule has 5 heteroatoms. The van der Waals surface area contributed by atoms with Gasteiger partial charge in [-0.25, -0.2) is 0 Å². The molecule has 2 aromatic rings. The Balaban J connectivity index is 2.71. The van der Waals surface area contributed by atoms with Crippen molar-refractivity contribution in [3.63, 3.8) is 0 Å². The van der Waals surface area contributed by atoms with Crippen molar-refractivity contribution in [3.05, 3.63) is 34.4 Å². The lowest BCUT2D eigenvalue weighted by atomic mass is 10.1. The summed E-state index contributed by atoms with van der Waals surface area (Å²) in [5.74, 6) is 0. The van der Waals surface area contributed by atoms with Gasteiger partial charge in [-0.15, -0.1) is 0 Å². The smallest absolute Gasteiger partial charge is 0.344 e. The molecule has 0 fully saturated rings. The largest absolute Gasteiger partial charge is 0.416 e. The van der Waals surface area contributed by atoms with Crippen molar-refractivity contribution in [2.75, 3.05) is 0 Å². The van der Waals surface area contributed by atoms with Gasteiger partial charge in [-0.05, 0) is 41.9 Å². The van der Waals surface area contributed by atoms with E-state index in [2.05, 4.69) is 15.9 Å². The summed E-state index contributed by atoms with van der Waals surface area (Å²) in [6.45, 7) is 3.87. The van der Waals surface area contributed by atoms with Gasteiger partial charge in [-0.2, -0.15) is 13.2 Å². The number of hydrogen-bond donors (Lipinski definition) is 0. The molecule has 92 valence electrons. The minimum absolute atomic E-state index is 0.118. The first-order valence-electron chi connectivity index (χ1n) is 5.18. The standard InChI is InChI=1S/C12H11BrF3N/c1-7(2)17-6-10(13)9-4-3-8(5-11(9)17)12(14,15)16/h3-7H,1-2H3. The van der Waals surface area contributed by atoms with Crippen molar-refractivity contribution in [1.29, 1.82) is 0 Å². The van der Waals surface area contributed by atoms with E-state index in [0.29, 0.717) is 5.52 Å². The first-order chi connectivity index (χ1) is 7.80. The van der Waals surface area contributed by atoms with Gasteiger partial charge in [0.05, 0.1) is 11.1 Å². The first kappa shape index (κ1) is 12.5. The Kier molecular flexibility index (Phi) is 2.97. The Hall–Kier alpha value is -0.970. The average molecular weight is 306 g/mol. The number of benzene rings is 1.